The van der Waals surface area contributed by atoms with E-state index in [4.69, 9.17) is 0 Å². The summed E-state index contributed by atoms with van der Waals surface area (Å²) in [6, 6.07) is 3.00. The zero-order valence-electron chi connectivity index (χ0n) is 9.82. The number of hydrogen-bond donors (Lipinski definition) is 1. The number of anilines is 1. The molecule has 3 rings (SSSR count). The first-order chi connectivity index (χ1) is 7.86. The van der Waals surface area contributed by atoms with Gasteiger partial charge >= 0.3 is 0 Å². The number of aryl methyl sites for hydroxylation is 1. The van der Waals surface area contributed by atoms with Gasteiger partial charge in [0.2, 0.25) is 0 Å². The summed E-state index contributed by atoms with van der Waals surface area (Å²) < 4.78 is 0. The lowest BCUT2D eigenvalue weighted by atomic mass is 10.1. The average molecular weight is 217 g/mol. The minimum atomic E-state index is 0.713. The summed E-state index contributed by atoms with van der Waals surface area (Å²) >= 11 is 0. The minimum Gasteiger partial charge on any atom is -0.368 e. The molecule has 2 aliphatic heterocycles. The van der Waals surface area contributed by atoms with Crippen molar-refractivity contribution >= 4 is 5.69 Å². The molecule has 1 aromatic rings. The molecule has 1 N–H and O–H groups in total. The zero-order valence-corrected chi connectivity index (χ0v) is 9.82. The quantitative estimate of drug-likeness (QED) is 0.812. The molecule has 2 atom stereocenters. The van der Waals surface area contributed by atoms with E-state index in [1.165, 1.54) is 30.8 Å². The van der Waals surface area contributed by atoms with E-state index < -0.39 is 0 Å². The van der Waals surface area contributed by atoms with Gasteiger partial charge in [-0.2, -0.15) is 0 Å². The molecule has 1 aromatic heterocycles. The molecule has 2 aliphatic rings. The van der Waals surface area contributed by atoms with Gasteiger partial charge in [-0.1, -0.05) is 6.92 Å². The molecule has 16 heavy (non-hydrogen) atoms. The maximum Gasteiger partial charge on any atom is 0.0556 e. The number of pyridine rings is 1. The Kier molecular flexibility index (Phi) is 2.56. The second kappa shape index (κ2) is 4.06. The Bertz CT molecular complexity index is 365. The van der Waals surface area contributed by atoms with Gasteiger partial charge in [-0.15, -0.1) is 0 Å². The van der Waals surface area contributed by atoms with Gasteiger partial charge in [-0.25, -0.2) is 0 Å². The molecule has 3 nitrogen and oxygen atoms in total. The lowest BCUT2D eigenvalue weighted by Crippen LogP contribution is -2.30. The maximum absolute atomic E-state index is 4.33. The van der Waals surface area contributed by atoms with Crippen LogP contribution in [-0.2, 0) is 6.42 Å². The van der Waals surface area contributed by atoms with Crippen LogP contribution in [0.1, 0.15) is 18.9 Å². The topological polar surface area (TPSA) is 28.2 Å². The van der Waals surface area contributed by atoms with Crippen LogP contribution in [0.4, 0.5) is 5.69 Å². The predicted octanol–water partition coefficient (Wildman–Crippen LogP) is 1.44. The Morgan fingerprint density at radius 3 is 3.19 bits per heavy atom. The molecule has 0 aliphatic carbocycles. The van der Waals surface area contributed by atoms with E-state index in [-0.39, 0.29) is 0 Å². The van der Waals surface area contributed by atoms with Crippen molar-refractivity contribution in [2.75, 3.05) is 24.5 Å². The van der Waals surface area contributed by atoms with Crippen LogP contribution in [0.15, 0.2) is 18.5 Å². The number of hydrogen-bond acceptors (Lipinski definition) is 3. The van der Waals surface area contributed by atoms with E-state index in [0.717, 1.165) is 18.9 Å². The summed E-state index contributed by atoms with van der Waals surface area (Å²) in [6.45, 7) is 5.74. The number of fused-ring (bicyclic) bond motifs is 1. The third kappa shape index (κ3) is 1.69. The smallest absolute Gasteiger partial charge is 0.0556 e. The van der Waals surface area contributed by atoms with Crippen LogP contribution in [0.25, 0.3) is 0 Å². The zero-order chi connectivity index (χ0) is 11.0. The van der Waals surface area contributed by atoms with Crippen LogP contribution in [-0.4, -0.2) is 30.7 Å². The fourth-order valence-electron chi connectivity index (χ4n) is 2.90. The molecule has 3 heteroatoms. The van der Waals surface area contributed by atoms with Crippen molar-refractivity contribution in [3.8, 4) is 0 Å². The molecule has 3 heterocycles. The molecule has 0 bridgehead atoms. The van der Waals surface area contributed by atoms with E-state index in [9.17, 15) is 0 Å². The SMILES string of the molecule is CCc1cncc(N2C[C@H]3CCN[C@H]3C2)c1. The molecule has 2 fully saturated rings. The predicted molar refractivity (Wildman–Crippen MR) is 65.7 cm³/mol. The Labute approximate surface area is 96.9 Å². The number of rotatable bonds is 2. The van der Waals surface area contributed by atoms with Crippen molar-refractivity contribution in [3.63, 3.8) is 0 Å². The summed E-state index contributed by atoms with van der Waals surface area (Å²) in [5.74, 6) is 0.852. The van der Waals surface area contributed by atoms with Crippen molar-refractivity contribution in [3.05, 3.63) is 24.0 Å². The van der Waals surface area contributed by atoms with Gasteiger partial charge in [0.05, 0.1) is 11.9 Å². The van der Waals surface area contributed by atoms with Crippen molar-refractivity contribution in [1.82, 2.24) is 10.3 Å². The fraction of sp³-hybridized carbons (Fsp3) is 0.615. The van der Waals surface area contributed by atoms with Crippen LogP contribution in [0.3, 0.4) is 0 Å². The van der Waals surface area contributed by atoms with Crippen molar-refractivity contribution in [2.45, 2.75) is 25.8 Å². The summed E-state index contributed by atoms with van der Waals surface area (Å²) in [5.41, 5.74) is 2.64. The van der Waals surface area contributed by atoms with Crippen LogP contribution < -0.4 is 10.2 Å². The summed E-state index contributed by atoms with van der Waals surface area (Å²) in [7, 11) is 0. The van der Waals surface area contributed by atoms with Gasteiger partial charge in [0.15, 0.2) is 0 Å². The first-order valence-electron chi connectivity index (χ1n) is 6.29. The first-order valence-corrected chi connectivity index (χ1v) is 6.29. The Morgan fingerprint density at radius 1 is 1.44 bits per heavy atom. The lowest BCUT2D eigenvalue weighted by Gasteiger charge is -2.19. The van der Waals surface area contributed by atoms with Crippen molar-refractivity contribution < 1.29 is 0 Å². The highest BCUT2D eigenvalue weighted by atomic mass is 15.2. The largest absolute Gasteiger partial charge is 0.368 e. The van der Waals surface area contributed by atoms with Crippen LogP contribution in [0, 0.1) is 5.92 Å². The third-order valence-electron chi connectivity index (χ3n) is 3.92. The van der Waals surface area contributed by atoms with E-state index in [0.29, 0.717) is 6.04 Å². The lowest BCUT2D eigenvalue weighted by molar-refractivity contribution is 0.556. The molecule has 0 amide bonds. The van der Waals surface area contributed by atoms with E-state index >= 15 is 0 Å². The van der Waals surface area contributed by atoms with Crippen molar-refractivity contribution in [2.24, 2.45) is 5.92 Å². The fourth-order valence-corrected chi connectivity index (χ4v) is 2.90. The summed E-state index contributed by atoms with van der Waals surface area (Å²) in [4.78, 5) is 6.81. The summed E-state index contributed by atoms with van der Waals surface area (Å²) in [6.07, 6.45) is 6.38. The highest BCUT2D eigenvalue weighted by Gasteiger charge is 2.35. The molecule has 86 valence electrons. The summed E-state index contributed by atoms with van der Waals surface area (Å²) in [5, 5.41) is 3.58. The Morgan fingerprint density at radius 2 is 2.38 bits per heavy atom. The average Bonchev–Trinajstić information content (AvgIpc) is 2.89. The van der Waals surface area contributed by atoms with Crippen molar-refractivity contribution in [1.29, 1.82) is 0 Å². The molecular weight excluding hydrogens is 198 g/mol. The Balaban J connectivity index is 1.78. The molecule has 0 radical (unpaired) electrons. The number of aromatic nitrogens is 1. The van der Waals surface area contributed by atoms with E-state index in [1.54, 1.807) is 0 Å². The molecule has 2 saturated heterocycles. The number of nitrogens with zero attached hydrogens (tertiary/aromatic N) is 2. The second-order valence-corrected chi connectivity index (χ2v) is 4.92. The third-order valence-corrected chi connectivity index (χ3v) is 3.92. The van der Waals surface area contributed by atoms with Gasteiger partial charge in [0, 0.05) is 25.3 Å². The van der Waals surface area contributed by atoms with Crippen LogP contribution >= 0.6 is 0 Å². The van der Waals surface area contributed by atoms with Gasteiger partial charge < -0.3 is 10.2 Å². The molecule has 0 unspecified atom stereocenters. The second-order valence-electron chi connectivity index (χ2n) is 4.92. The molecule has 0 saturated carbocycles. The van der Waals surface area contributed by atoms with Gasteiger partial charge in [0.25, 0.3) is 0 Å². The minimum absolute atomic E-state index is 0.713. The molecule has 0 aromatic carbocycles. The maximum atomic E-state index is 4.33. The van der Waals surface area contributed by atoms with Gasteiger partial charge in [-0.3, -0.25) is 4.98 Å². The standard InChI is InChI=1S/C13H19N3/c1-2-10-5-12(7-14-6-10)16-8-11-3-4-15-13(11)9-16/h5-7,11,13,15H,2-4,8-9H2,1H3/t11-,13+/m1/s1. The normalized spacial score (nSPS) is 28.4. The van der Waals surface area contributed by atoms with Gasteiger partial charge in [-0.05, 0) is 36.9 Å². The Hall–Kier alpha value is -1.09. The number of nitrogens with one attached hydrogen (secondary N) is 1. The first kappa shape index (κ1) is 10.1. The highest BCUT2D eigenvalue weighted by Crippen LogP contribution is 2.28. The highest BCUT2D eigenvalue weighted by molar-refractivity contribution is 5.48. The van der Waals surface area contributed by atoms with Gasteiger partial charge in [0.1, 0.15) is 0 Å². The van der Waals surface area contributed by atoms with Crippen LogP contribution in [0.5, 0.6) is 0 Å². The van der Waals surface area contributed by atoms with Crippen LogP contribution in [0.2, 0.25) is 0 Å². The molecule has 0 spiro atoms. The van der Waals surface area contributed by atoms with E-state index in [2.05, 4.69) is 28.2 Å². The molecular formula is C13H19N3. The van der Waals surface area contributed by atoms with E-state index in [1.807, 2.05) is 12.4 Å². The monoisotopic (exact) mass is 217 g/mol.